The van der Waals surface area contributed by atoms with Crippen molar-refractivity contribution in [3.63, 3.8) is 0 Å². The number of nitro benzene ring substituents is 1. The van der Waals surface area contributed by atoms with Gasteiger partial charge in [-0.25, -0.2) is 0 Å². The molecule has 0 bridgehead atoms. The number of nitrogens with zero attached hydrogens (tertiary/aromatic N) is 4. The van der Waals surface area contributed by atoms with Gasteiger partial charge in [-0.05, 0) is 49.7 Å². The van der Waals surface area contributed by atoms with Crippen molar-refractivity contribution < 1.29 is 14.5 Å². The molecule has 1 N–H and O–H groups in total. The number of thioether (sulfide) groups is 1. The number of hydrogen-bond acceptors (Lipinski definition) is 7. The lowest BCUT2D eigenvalue weighted by Crippen LogP contribution is -2.15. The van der Waals surface area contributed by atoms with Crippen LogP contribution in [0.4, 0.5) is 11.4 Å². The van der Waals surface area contributed by atoms with Gasteiger partial charge in [0.1, 0.15) is 10.8 Å². The number of carbonyl (C=O) groups excluding carboxylic acids is 1. The van der Waals surface area contributed by atoms with Crippen LogP contribution in [0.2, 0.25) is 10.0 Å². The third-order valence-electron chi connectivity index (χ3n) is 4.62. The van der Waals surface area contributed by atoms with Crippen LogP contribution in [0.1, 0.15) is 24.4 Å². The number of aromatic nitrogens is 3. The van der Waals surface area contributed by atoms with E-state index in [0.717, 1.165) is 5.56 Å². The highest BCUT2D eigenvalue weighted by atomic mass is 35.5. The van der Waals surface area contributed by atoms with Crippen LogP contribution in [0.25, 0.3) is 0 Å². The summed E-state index contributed by atoms with van der Waals surface area (Å²) < 4.78 is 7.87. The van der Waals surface area contributed by atoms with Crippen LogP contribution in [0, 0.1) is 17.0 Å². The molecule has 0 saturated heterocycles. The molecule has 0 aliphatic rings. The molecule has 34 heavy (non-hydrogen) atoms. The molecule has 3 rings (SSSR count). The van der Waals surface area contributed by atoms with Crippen LogP contribution >= 0.6 is 35.0 Å². The van der Waals surface area contributed by atoms with Gasteiger partial charge < -0.3 is 10.1 Å². The van der Waals surface area contributed by atoms with Crippen LogP contribution in [0.3, 0.4) is 0 Å². The van der Waals surface area contributed by atoms with Gasteiger partial charge in [-0.15, -0.1) is 16.8 Å². The molecule has 178 valence electrons. The maximum Gasteiger partial charge on any atom is 0.289 e. The summed E-state index contributed by atoms with van der Waals surface area (Å²) in [7, 11) is 0. The van der Waals surface area contributed by atoms with Crippen molar-refractivity contribution in [2.75, 3.05) is 11.1 Å². The molecule has 0 radical (unpaired) electrons. The molecule has 12 heteroatoms. The number of benzene rings is 2. The largest absolute Gasteiger partial charge is 0.482 e. The summed E-state index contributed by atoms with van der Waals surface area (Å²) in [6.07, 6.45) is 1.27. The molecule has 0 aliphatic carbocycles. The molecular formula is C22H21Cl2N5O4S. The first-order chi connectivity index (χ1) is 16.2. The number of nitrogens with one attached hydrogen (secondary N) is 1. The molecule has 1 amide bonds. The zero-order valence-corrected chi connectivity index (χ0v) is 20.7. The molecule has 1 atom stereocenters. The average Bonchev–Trinajstić information content (AvgIpc) is 3.18. The molecule has 1 heterocycles. The van der Waals surface area contributed by atoms with Gasteiger partial charge in [-0.2, -0.15) is 0 Å². The van der Waals surface area contributed by atoms with Gasteiger partial charge >= 0.3 is 0 Å². The summed E-state index contributed by atoms with van der Waals surface area (Å²) in [4.78, 5) is 22.8. The Morgan fingerprint density at radius 2 is 2.09 bits per heavy atom. The van der Waals surface area contributed by atoms with Gasteiger partial charge in [0.15, 0.2) is 17.1 Å². The van der Waals surface area contributed by atoms with E-state index < -0.39 is 11.0 Å². The minimum absolute atomic E-state index is 0.00689. The summed E-state index contributed by atoms with van der Waals surface area (Å²) in [5.41, 5.74) is 0.880. The fraction of sp³-hybridized carbons (Fsp3) is 0.227. The Morgan fingerprint density at radius 1 is 1.32 bits per heavy atom. The normalized spacial score (nSPS) is 11.6. The number of hydrogen-bond donors (Lipinski definition) is 1. The maximum absolute atomic E-state index is 12.4. The van der Waals surface area contributed by atoms with Crippen molar-refractivity contribution in [2.24, 2.45) is 0 Å². The predicted octanol–water partition coefficient (Wildman–Crippen LogP) is 5.86. The topological polar surface area (TPSA) is 112 Å². The van der Waals surface area contributed by atoms with Crippen LogP contribution in [0.5, 0.6) is 5.75 Å². The van der Waals surface area contributed by atoms with Gasteiger partial charge in [0, 0.05) is 23.3 Å². The molecule has 0 aliphatic heterocycles. The Bertz CT molecular complexity index is 1230. The quantitative estimate of drug-likeness (QED) is 0.154. The number of nitro groups is 1. The lowest BCUT2D eigenvalue weighted by atomic mass is 10.2. The highest BCUT2D eigenvalue weighted by Gasteiger charge is 2.21. The number of rotatable bonds is 10. The predicted molar refractivity (Wildman–Crippen MR) is 133 cm³/mol. The Kier molecular flexibility index (Phi) is 8.54. The van der Waals surface area contributed by atoms with E-state index in [1.54, 1.807) is 18.2 Å². The van der Waals surface area contributed by atoms with Crippen molar-refractivity contribution >= 4 is 52.2 Å². The van der Waals surface area contributed by atoms with Crippen molar-refractivity contribution in [3.8, 4) is 5.75 Å². The number of ether oxygens (including phenoxy) is 1. The lowest BCUT2D eigenvalue weighted by molar-refractivity contribution is -0.384. The number of carbonyl (C=O) groups is 1. The van der Waals surface area contributed by atoms with E-state index in [9.17, 15) is 14.9 Å². The summed E-state index contributed by atoms with van der Waals surface area (Å²) in [6.45, 7) is 7.95. The smallest absolute Gasteiger partial charge is 0.289 e. The van der Waals surface area contributed by atoms with Crippen LogP contribution in [-0.2, 0) is 11.3 Å². The molecule has 9 nitrogen and oxygen atoms in total. The molecule has 1 unspecified atom stereocenters. The Balaban J connectivity index is 1.69. The summed E-state index contributed by atoms with van der Waals surface area (Å²) >= 11 is 13.0. The molecule has 0 fully saturated rings. The zero-order chi connectivity index (χ0) is 24.8. The SMILES string of the molecule is C=CCn1c(SCC(=O)Nc2ccc(Cl)c([N+](=O)[O-])c2)nnc1C(C)Oc1ccc(Cl)cc1C. The molecular weight excluding hydrogens is 501 g/mol. The van der Waals surface area contributed by atoms with Gasteiger partial charge in [0.2, 0.25) is 5.91 Å². The van der Waals surface area contributed by atoms with E-state index in [4.69, 9.17) is 27.9 Å². The Morgan fingerprint density at radius 3 is 2.76 bits per heavy atom. The van der Waals surface area contributed by atoms with Gasteiger partial charge in [0.25, 0.3) is 5.69 Å². The number of aryl methyl sites for hydroxylation is 1. The fourth-order valence-corrected chi connectivity index (χ4v) is 4.22. The number of anilines is 1. The summed E-state index contributed by atoms with van der Waals surface area (Å²) in [6, 6.07) is 9.42. The number of halogens is 2. The fourth-order valence-electron chi connectivity index (χ4n) is 3.05. The van der Waals surface area contributed by atoms with Gasteiger partial charge in [0.05, 0.1) is 10.7 Å². The Hall–Kier alpha value is -3.08. The van der Waals surface area contributed by atoms with Crippen LogP contribution < -0.4 is 10.1 Å². The first kappa shape index (κ1) is 25.5. The monoisotopic (exact) mass is 521 g/mol. The lowest BCUT2D eigenvalue weighted by Gasteiger charge is -2.17. The van der Waals surface area contributed by atoms with Crippen molar-refractivity contribution in [1.29, 1.82) is 0 Å². The first-order valence-corrected chi connectivity index (χ1v) is 11.8. The second kappa shape index (κ2) is 11.4. The van der Waals surface area contributed by atoms with E-state index in [2.05, 4.69) is 22.1 Å². The minimum atomic E-state index is -0.610. The number of allylic oxidation sites excluding steroid dienone is 1. The van der Waals surface area contributed by atoms with E-state index in [1.165, 1.54) is 30.0 Å². The van der Waals surface area contributed by atoms with Crippen LogP contribution in [0.15, 0.2) is 54.2 Å². The van der Waals surface area contributed by atoms with Gasteiger partial charge in [-0.3, -0.25) is 19.5 Å². The standard InChI is InChI=1S/C22H21Cl2N5O4S/c1-4-9-28-21(14(3)33-19-8-5-15(23)10-13(19)2)26-27-22(28)34-12-20(30)25-16-6-7-17(24)18(11-16)29(31)32/h4-8,10-11,14H,1,9,12H2,2-3H3,(H,25,30). The van der Waals surface area contributed by atoms with Crippen molar-refractivity contribution in [1.82, 2.24) is 14.8 Å². The third-order valence-corrected chi connectivity index (χ3v) is 6.14. The zero-order valence-electron chi connectivity index (χ0n) is 18.3. The van der Waals surface area contributed by atoms with E-state index in [-0.39, 0.29) is 28.1 Å². The van der Waals surface area contributed by atoms with Gasteiger partial charge in [-0.1, -0.05) is 41.0 Å². The molecule has 3 aromatic rings. The second-order valence-electron chi connectivity index (χ2n) is 7.17. The van der Waals surface area contributed by atoms with Crippen LogP contribution in [-0.4, -0.2) is 31.3 Å². The molecule has 0 spiro atoms. The summed E-state index contributed by atoms with van der Waals surface area (Å²) in [5, 5.41) is 23.2. The number of amides is 1. The molecule has 0 saturated carbocycles. The maximum atomic E-state index is 12.4. The van der Waals surface area contributed by atoms with E-state index in [1.807, 2.05) is 24.5 Å². The highest BCUT2D eigenvalue weighted by Crippen LogP contribution is 2.29. The van der Waals surface area contributed by atoms with Crippen molar-refractivity contribution in [3.05, 3.63) is 80.6 Å². The van der Waals surface area contributed by atoms with Crippen molar-refractivity contribution in [2.45, 2.75) is 31.7 Å². The second-order valence-corrected chi connectivity index (χ2v) is 8.96. The first-order valence-electron chi connectivity index (χ1n) is 10.0. The third kappa shape index (κ3) is 6.28. The highest BCUT2D eigenvalue weighted by molar-refractivity contribution is 7.99. The molecule has 2 aromatic carbocycles. The minimum Gasteiger partial charge on any atom is -0.482 e. The Labute approximate surface area is 210 Å². The van der Waals surface area contributed by atoms with E-state index >= 15 is 0 Å². The summed E-state index contributed by atoms with van der Waals surface area (Å²) in [5.74, 6) is 0.899. The average molecular weight is 522 g/mol. The molecule has 1 aromatic heterocycles. The van der Waals surface area contributed by atoms with E-state index in [0.29, 0.717) is 28.3 Å².